The first kappa shape index (κ1) is 20.1. The number of benzene rings is 3. The van der Waals surface area contributed by atoms with Crippen LogP contribution >= 0.6 is 0 Å². The van der Waals surface area contributed by atoms with Crippen molar-refractivity contribution in [3.8, 4) is 11.1 Å². The van der Waals surface area contributed by atoms with Crippen molar-refractivity contribution in [3.63, 3.8) is 0 Å². The first-order valence-corrected chi connectivity index (χ1v) is 11.2. The molecule has 5 rings (SSSR count). The second-order valence-electron chi connectivity index (χ2n) is 8.42. The molecule has 0 fully saturated rings. The molecule has 1 unspecified atom stereocenters. The second kappa shape index (κ2) is 8.72. The molecule has 156 valence electrons. The minimum Gasteiger partial charge on any atom is -0.340 e. The van der Waals surface area contributed by atoms with Crippen molar-refractivity contribution in [2.75, 3.05) is 4.90 Å². The maximum atomic E-state index is 4.37. The van der Waals surface area contributed by atoms with Gasteiger partial charge in [0.15, 0.2) is 0 Å². The predicted octanol–water partition coefficient (Wildman–Crippen LogP) is 7.89. The molecule has 0 aromatic heterocycles. The lowest BCUT2D eigenvalue weighted by molar-refractivity contribution is 0.747. The largest absolute Gasteiger partial charge is 0.340 e. The van der Waals surface area contributed by atoms with Gasteiger partial charge in [-0.15, -0.1) is 0 Å². The summed E-state index contributed by atoms with van der Waals surface area (Å²) in [6, 6.07) is 28.4. The van der Waals surface area contributed by atoms with E-state index in [1.807, 2.05) is 0 Å². The number of rotatable bonds is 3. The number of para-hydroxylation sites is 1. The second-order valence-corrected chi connectivity index (χ2v) is 8.42. The zero-order valence-corrected chi connectivity index (χ0v) is 18.4. The lowest BCUT2D eigenvalue weighted by atomic mass is 9.85. The summed E-state index contributed by atoms with van der Waals surface area (Å²) >= 11 is 0. The molecule has 1 heteroatoms. The van der Waals surface area contributed by atoms with Crippen molar-refractivity contribution in [2.45, 2.75) is 19.4 Å². The Labute approximate surface area is 191 Å². The molecule has 0 bridgehead atoms. The molecule has 3 aromatic carbocycles. The van der Waals surface area contributed by atoms with Gasteiger partial charge >= 0.3 is 0 Å². The molecular weight excluding hydrogens is 386 g/mol. The van der Waals surface area contributed by atoms with Crippen LogP contribution in [0.1, 0.15) is 17.5 Å². The summed E-state index contributed by atoms with van der Waals surface area (Å²) < 4.78 is 0. The summed E-state index contributed by atoms with van der Waals surface area (Å²) in [6.45, 7) is 6.50. The molecule has 1 aliphatic carbocycles. The van der Waals surface area contributed by atoms with Crippen LogP contribution in [0.15, 0.2) is 133 Å². The molecule has 0 spiro atoms. The standard InChI is InChI=1S/C31H27N/c1-23-11-13-25(14-12-23)26-15-17-27(18-16-26)28-19-20-31-30(22-28)24(2)8-6-7-21-32(31)29-9-4-3-5-10-29/h3-19,21-22,31H,2,20H2,1H3/b8-6-,21-7-. The van der Waals surface area contributed by atoms with Crippen molar-refractivity contribution in [2.24, 2.45) is 0 Å². The molecule has 1 nitrogen and oxygen atoms in total. The summed E-state index contributed by atoms with van der Waals surface area (Å²) in [7, 11) is 0. The molecule has 0 saturated heterocycles. The maximum absolute atomic E-state index is 4.37. The molecule has 1 heterocycles. The van der Waals surface area contributed by atoms with Crippen molar-refractivity contribution in [3.05, 3.63) is 144 Å². The molecule has 3 aromatic rings. The van der Waals surface area contributed by atoms with Gasteiger partial charge in [-0.1, -0.05) is 97.1 Å². The fourth-order valence-corrected chi connectivity index (χ4v) is 4.44. The third kappa shape index (κ3) is 4.02. The van der Waals surface area contributed by atoms with E-state index in [4.69, 9.17) is 0 Å². The van der Waals surface area contributed by atoms with Gasteiger partial charge in [-0.05, 0) is 71.0 Å². The van der Waals surface area contributed by atoms with Crippen LogP contribution in [0.4, 0.5) is 5.69 Å². The SMILES string of the molecule is C=C1/C=C\C=C/N(c2ccccc2)C2CC=C(c3ccc(-c4ccc(C)cc4)cc3)C=C12. The van der Waals surface area contributed by atoms with Crippen LogP contribution in [-0.4, -0.2) is 6.04 Å². The molecule has 32 heavy (non-hydrogen) atoms. The predicted molar refractivity (Wildman–Crippen MR) is 137 cm³/mol. The number of hydrogen-bond donors (Lipinski definition) is 0. The van der Waals surface area contributed by atoms with Crippen LogP contribution in [0.5, 0.6) is 0 Å². The van der Waals surface area contributed by atoms with Crippen LogP contribution in [0.3, 0.4) is 0 Å². The quantitative estimate of drug-likeness (QED) is 0.422. The maximum Gasteiger partial charge on any atom is 0.0626 e. The Hall–Kier alpha value is -3.84. The number of nitrogens with zero attached hydrogens (tertiary/aromatic N) is 1. The number of hydrogen-bond acceptors (Lipinski definition) is 1. The van der Waals surface area contributed by atoms with E-state index in [-0.39, 0.29) is 6.04 Å². The smallest absolute Gasteiger partial charge is 0.0626 e. The highest BCUT2D eigenvalue weighted by Crippen LogP contribution is 2.36. The number of aryl methyl sites for hydroxylation is 1. The third-order valence-electron chi connectivity index (χ3n) is 6.25. The van der Waals surface area contributed by atoms with Gasteiger partial charge in [0.2, 0.25) is 0 Å². The van der Waals surface area contributed by atoms with Crippen molar-refractivity contribution < 1.29 is 0 Å². The average Bonchev–Trinajstić information content (AvgIpc) is 2.84. The van der Waals surface area contributed by atoms with E-state index in [2.05, 4.69) is 134 Å². The van der Waals surface area contributed by atoms with E-state index < -0.39 is 0 Å². The zero-order chi connectivity index (χ0) is 21.9. The Bertz CT molecular complexity index is 1240. The van der Waals surface area contributed by atoms with E-state index >= 15 is 0 Å². The van der Waals surface area contributed by atoms with Gasteiger partial charge in [-0.3, -0.25) is 0 Å². The third-order valence-corrected chi connectivity index (χ3v) is 6.25. The van der Waals surface area contributed by atoms with E-state index in [0.29, 0.717) is 0 Å². The van der Waals surface area contributed by atoms with Crippen LogP contribution in [0, 0.1) is 6.92 Å². The molecule has 1 aliphatic heterocycles. The molecule has 0 N–H and O–H groups in total. The number of allylic oxidation sites excluding steroid dienone is 5. The lowest BCUT2D eigenvalue weighted by Crippen LogP contribution is -2.34. The van der Waals surface area contributed by atoms with Crippen molar-refractivity contribution in [1.82, 2.24) is 0 Å². The van der Waals surface area contributed by atoms with Gasteiger partial charge in [0.25, 0.3) is 0 Å². The fourth-order valence-electron chi connectivity index (χ4n) is 4.44. The average molecular weight is 414 g/mol. The van der Waals surface area contributed by atoms with Gasteiger partial charge in [0, 0.05) is 11.9 Å². The van der Waals surface area contributed by atoms with E-state index in [9.17, 15) is 0 Å². The summed E-state index contributed by atoms with van der Waals surface area (Å²) in [4.78, 5) is 2.36. The molecular formula is C31H27N. The van der Waals surface area contributed by atoms with Crippen LogP contribution in [0.25, 0.3) is 16.7 Å². The van der Waals surface area contributed by atoms with Gasteiger partial charge in [0.1, 0.15) is 0 Å². The Morgan fingerprint density at radius 1 is 0.781 bits per heavy atom. The Morgan fingerprint density at radius 3 is 2.16 bits per heavy atom. The molecule has 0 radical (unpaired) electrons. The molecule has 2 aliphatic rings. The topological polar surface area (TPSA) is 3.24 Å². The van der Waals surface area contributed by atoms with E-state index in [0.717, 1.165) is 12.0 Å². The van der Waals surface area contributed by atoms with Gasteiger partial charge in [-0.25, -0.2) is 0 Å². The monoisotopic (exact) mass is 413 g/mol. The van der Waals surface area contributed by atoms with Crippen LogP contribution < -0.4 is 4.90 Å². The molecule has 0 saturated carbocycles. The minimum absolute atomic E-state index is 0.238. The fraction of sp³-hybridized carbons (Fsp3) is 0.0968. The highest BCUT2D eigenvalue weighted by molar-refractivity contribution is 5.80. The molecule has 1 atom stereocenters. The first-order chi connectivity index (χ1) is 15.7. The number of fused-ring (bicyclic) bond motifs is 1. The Kier molecular flexibility index (Phi) is 5.47. The first-order valence-electron chi connectivity index (χ1n) is 11.2. The Morgan fingerprint density at radius 2 is 1.44 bits per heavy atom. The summed E-state index contributed by atoms with van der Waals surface area (Å²) in [5, 5.41) is 0. The normalized spacial score (nSPS) is 19.8. The van der Waals surface area contributed by atoms with Crippen LogP contribution in [-0.2, 0) is 0 Å². The van der Waals surface area contributed by atoms with Crippen molar-refractivity contribution >= 4 is 11.3 Å². The van der Waals surface area contributed by atoms with Gasteiger partial charge in [-0.2, -0.15) is 0 Å². The zero-order valence-electron chi connectivity index (χ0n) is 18.4. The highest BCUT2D eigenvalue weighted by Gasteiger charge is 2.25. The summed E-state index contributed by atoms with van der Waals surface area (Å²) in [5.74, 6) is 0. The van der Waals surface area contributed by atoms with Crippen LogP contribution in [0.2, 0.25) is 0 Å². The molecule has 0 amide bonds. The van der Waals surface area contributed by atoms with E-state index in [1.165, 1.54) is 39.1 Å². The van der Waals surface area contributed by atoms with E-state index in [1.54, 1.807) is 0 Å². The van der Waals surface area contributed by atoms with Gasteiger partial charge < -0.3 is 4.90 Å². The van der Waals surface area contributed by atoms with Gasteiger partial charge in [0.05, 0.1) is 6.04 Å². The lowest BCUT2D eigenvalue weighted by Gasteiger charge is -2.35. The Balaban J connectivity index is 1.46. The summed E-state index contributed by atoms with van der Waals surface area (Å²) in [6.07, 6.45) is 14.1. The highest BCUT2D eigenvalue weighted by atomic mass is 15.1. The minimum atomic E-state index is 0.238. The number of anilines is 1. The summed E-state index contributed by atoms with van der Waals surface area (Å²) in [5.41, 5.74) is 9.83. The van der Waals surface area contributed by atoms with Crippen molar-refractivity contribution in [1.29, 1.82) is 0 Å².